The van der Waals surface area contributed by atoms with E-state index in [1.165, 1.54) is 0 Å². The summed E-state index contributed by atoms with van der Waals surface area (Å²) in [5, 5.41) is 9.39. The van der Waals surface area contributed by atoms with Crippen LogP contribution < -0.4 is 0 Å². The molecule has 1 amide bonds. The molecule has 106 valence electrons. The molecule has 0 bridgehead atoms. The van der Waals surface area contributed by atoms with Gasteiger partial charge in [0, 0.05) is 13.1 Å². The quantitative estimate of drug-likeness (QED) is 0.719. The Labute approximate surface area is 114 Å². The molecule has 0 unspecified atom stereocenters. The lowest BCUT2D eigenvalue weighted by Gasteiger charge is -2.37. The molecule has 0 aliphatic carbocycles. The second-order valence-corrected chi connectivity index (χ2v) is 6.52. The Morgan fingerprint density at radius 3 is 2.47 bits per heavy atom. The first-order valence-electron chi connectivity index (χ1n) is 6.84. The molecule has 5 heteroatoms. The van der Waals surface area contributed by atoms with E-state index in [2.05, 4.69) is 6.07 Å². The Morgan fingerprint density at radius 2 is 2.05 bits per heavy atom. The number of hydrogen-bond donors (Lipinski definition) is 0. The van der Waals surface area contributed by atoms with E-state index in [0.717, 1.165) is 13.0 Å². The van der Waals surface area contributed by atoms with E-state index < -0.39 is 5.60 Å². The van der Waals surface area contributed by atoms with Gasteiger partial charge >= 0.3 is 6.09 Å². The molecule has 1 atom stereocenters. The molecule has 0 N–H and O–H groups in total. The third-order valence-electron chi connectivity index (χ3n) is 3.63. The third-order valence-corrected chi connectivity index (χ3v) is 3.63. The number of likely N-dealkylation sites (tertiary alicyclic amines) is 1. The molecule has 0 aromatic carbocycles. The van der Waals surface area contributed by atoms with Crippen LogP contribution in [0, 0.1) is 16.7 Å². The largest absolute Gasteiger partial charge is 0.444 e. The van der Waals surface area contributed by atoms with E-state index >= 15 is 0 Å². The lowest BCUT2D eigenvalue weighted by atomic mass is 9.76. The average Bonchev–Trinajstić information content (AvgIpc) is 3.11. The maximum atomic E-state index is 11.9. The standard InChI is InChI=1S/C14H22N2O3/c1-13(2,3)19-12(17)16-6-4-14(10-15,5-7-16)8-11-9-18-11/h11H,4-9H2,1-3H3/t11-/m0/s1. The zero-order chi connectivity index (χ0) is 14.1. The maximum Gasteiger partial charge on any atom is 0.410 e. The second-order valence-electron chi connectivity index (χ2n) is 6.52. The van der Waals surface area contributed by atoms with Crippen LogP contribution in [0.1, 0.15) is 40.0 Å². The molecule has 2 saturated heterocycles. The molecule has 19 heavy (non-hydrogen) atoms. The summed E-state index contributed by atoms with van der Waals surface area (Å²) in [6.45, 7) is 7.54. The topological polar surface area (TPSA) is 65.9 Å². The molecule has 0 saturated carbocycles. The van der Waals surface area contributed by atoms with Gasteiger partial charge in [0.2, 0.25) is 0 Å². The fraction of sp³-hybridized carbons (Fsp3) is 0.857. The summed E-state index contributed by atoms with van der Waals surface area (Å²) in [6, 6.07) is 2.44. The molecule has 0 aromatic heterocycles. The Bertz CT molecular complexity index is 382. The highest BCUT2D eigenvalue weighted by Crippen LogP contribution is 2.38. The highest BCUT2D eigenvalue weighted by atomic mass is 16.6. The van der Waals surface area contributed by atoms with Crippen molar-refractivity contribution in [2.45, 2.75) is 51.7 Å². The first kappa shape index (κ1) is 14.1. The van der Waals surface area contributed by atoms with Crippen molar-refractivity contribution in [1.29, 1.82) is 5.26 Å². The summed E-state index contributed by atoms with van der Waals surface area (Å²) in [6.07, 6.45) is 2.20. The predicted molar refractivity (Wildman–Crippen MR) is 69.4 cm³/mol. The van der Waals surface area contributed by atoms with E-state index in [4.69, 9.17) is 9.47 Å². The maximum absolute atomic E-state index is 11.9. The smallest absolute Gasteiger partial charge is 0.410 e. The van der Waals surface area contributed by atoms with E-state index in [0.29, 0.717) is 25.9 Å². The number of piperidine rings is 1. The summed E-state index contributed by atoms with van der Waals surface area (Å²) >= 11 is 0. The van der Waals surface area contributed by atoms with Gasteiger partial charge in [-0.15, -0.1) is 0 Å². The number of carbonyl (C=O) groups excluding carboxylic acids is 1. The lowest BCUT2D eigenvalue weighted by molar-refractivity contribution is 0.0138. The number of carbonyl (C=O) groups is 1. The third kappa shape index (κ3) is 3.84. The Morgan fingerprint density at radius 1 is 1.47 bits per heavy atom. The van der Waals surface area contributed by atoms with Gasteiger partial charge in [-0.05, 0) is 40.0 Å². The van der Waals surface area contributed by atoms with Crippen LogP contribution in [0.4, 0.5) is 4.79 Å². The van der Waals surface area contributed by atoms with Crippen LogP contribution in [0.2, 0.25) is 0 Å². The molecule has 2 heterocycles. The molecule has 2 fully saturated rings. The fourth-order valence-corrected chi connectivity index (χ4v) is 2.43. The number of nitrogens with zero attached hydrogens (tertiary/aromatic N) is 2. The summed E-state index contributed by atoms with van der Waals surface area (Å²) < 4.78 is 10.6. The summed E-state index contributed by atoms with van der Waals surface area (Å²) in [4.78, 5) is 13.6. The molecule has 0 radical (unpaired) electrons. The number of epoxide rings is 1. The van der Waals surface area contributed by atoms with Gasteiger partial charge in [0.05, 0.1) is 24.2 Å². The van der Waals surface area contributed by atoms with E-state index in [1.54, 1.807) is 4.90 Å². The molecule has 5 nitrogen and oxygen atoms in total. The lowest BCUT2D eigenvalue weighted by Crippen LogP contribution is -2.45. The van der Waals surface area contributed by atoms with Crippen molar-refractivity contribution in [1.82, 2.24) is 4.90 Å². The van der Waals surface area contributed by atoms with Gasteiger partial charge < -0.3 is 14.4 Å². The summed E-state index contributed by atoms with van der Waals surface area (Å²) in [5.74, 6) is 0. The summed E-state index contributed by atoms with van der Waals surface area (Å²) in [5.41, 5.74) is -0.789. The van der Waals surface area contributed by atoms with Gasteiger partial charge in [0.25, 0.3) is 0 Å². The average molecular weight is 266 g/mol. The second kappa shape index (κ2) is 5.01. The van der Waals surface area contributed by atoms with Crippen molar-refractivity contribution in [3.05, 3.63) is 0 Å². The van der Waals surface area contributed by atoms with Crippen molar-refractivity contribution in [3.8, 4) is 6.07 Å². The molecular weight excluding hydrogens is 244 g/mol. The Balaban J connectivity index is 1.87. The number of hydrogen-bond acceptors (Lipinski definition) is 4. The monoisotopic (exact) mass is 266 g/mol. The molecule has 2 rings (SSSR count). The minimum Gasteiger partial charge on any atom is -0.444 e. The zero-order valence-electron chi connectivity index (χ0n) is 11.9. The first-order chi connectivity index (χ1) is 8.84. The minimum atomic E-state index is -0.470. The normalized spacial score (nSPS) is 25.6. The number of nitriles is 1. The Kier molecular flexibility index (Phi) is 3.73. The van der Waals surface area contributed by atoms with Gasteiger partial charge in [-0.25, -0.2) is 4.79 Å². The van der Waals surface area contributed by atoms with Crippen LogP contribution in [-0.4, -0.2) is 42.4 Å². The van der Waals surface area contributed by atoms with Crippen molar-refractivity contribution >= 4 is 6.09 Å². The highest BCUT2D eigenvalue weighted by Gasteiger charge is 2.42. The highest BCUT2D eigenvalue weighted by molar-refractivity contribution is 5.68. The van der Waals surface area contributed by atoms with Crippen molar-refractivity contribution in [3.63, 3.8) is 0 Å². The first-order valence-corrected chi connectivity index (χ1v) is 6.84. The fourth-order valence-electron chi connectivity index (χ4n) is 2.43. The van der Waals surface area contributed by atoms with Crippen molar-refractivity contribution in [2.75, 3.05) is 19.7 Å². The van der Waals surface area contributed by atoms with Gasteiger partial charge in [-0.3, -0.25) is 0 Å². The summed E-state index contributed by atoms with van der Waals surface area (Å²) in [7, 11) is 0. The Hall–Kier alpha value is -1.28. The van der Waals surface area contributed by atoms with Crippen LogP contribution in [-0.2, 0) is 9.47 Å². The van der Waals surface area contributed by atoms with Gasteiger partial charge in [-0.1, -0.05) is 0 Å². The van der Waals surface area contributed by atoms with E-state index in [9.17, 15) is 10.1 Å². The zero-order valence-corrected chi connectivity index (χ0v) is 11.9. The van der Waals surface area contributed by atoms with Crippen LogP contribution in [0.15, 0.2) is 0 Å². The van der Waals surface area contributed by atoms with Gasteiger partial charge in [-0.2, -0.15) is 5.26 Å². The van der Waals surface area contributed by atoms with Crippen molar-refractivity contribution < 1.29 is 14.3 Å². The molecule has 0 aromatic rings. The SMILES string of the molecule is CC(C)(C)OC(=O)N1CCC(C#N)(C[C@H]2CO2)CC1. The van der Waals surface area contributed by atoms with Gasteiger partial charge in [0.15, 0.2) is 0 Å². The predicted octanol–water partition coefficient (Wildman–Crippen LogP) is 2.32. The number of rotatable bonds is 2. The van der Waals surface area contributed by atoms with Crippen LogP contribution in [0.25, 0.3) is 0 Å². The minimum absolute atomic E-state index is 0.257. The molecule has 2 aliphatic heterocycles. The van der Waals surface area contributed by atoms with Crippen LogP contribution in [0.3, 0.4) is 0 Å². The van der Waals surface area contributed by atoms with Crippen LogP contribution in [0.5, 0.6) is 0 Å². The molecule has 0 spiro atoms. The molecule has 2 aliphatic rings. The van der Waals surface area contributed by atoms with E-state index in [-0.39, 0.29) is 17.6 Å². The molecular formula is C14H22N2O3. The number of amides is 1. The van der Waals surface area contributed by atoms with Crippen LogP contribution >= 0.6 is 0 Å². The van der Waals surface area contributed by atoms with Gasteiger partial charge in [0.1, 0.15) is 5.60 Å². The van der Waals surface area contributed by atoms with E-state index in [1.807, 2.05) is 20.8 Å². The number of ether oxygens (including phenoxy) is 2. The van der Waals surface area contributed by atoms with Crippen molar-refractivity contribution in [2.24, 2.45) is 5.41 Å².